The van der Waals surface area contributed by atoms with E-state index in [-0.39, 0.29) is 17.7 Å². The number of aromatic nitrogens is 2. The van der Waals surface area contributed by atoms with Gasteiger partial charge >= 0.3 is 5.69 Å². The van der Waals surface area contributed by atoms with Crippen LogP contribution in [0, 0.1) is 0 Å². The molecule has 1 aliphatic heterocycles. The lowest BCUT2D eigenvalue weighted by molar-refractivity contribution is 0.0679. The molecule has 0 spiro atoms. The summed E-state index contributed by atoms with van der Waals surface area (Å²) in [6.07, 6.45) is 2.43. The van der Waals surface area contributed by atoms with Crippen LogP contribution in [0.4, 0.5) is 0 Å². The quantitative estimate of drug-likeness (QED) is 0.735. The first-order valence-corrected chi connectivity index (χ1v) is 5.34. The number of aliphatic hydroxyl groups excluding tert-OH is 1. The molecule has 0 saturated carbocycles. The molecule has 0 radical (unpaired) electrons. The van der Waals surface area contributed by atoms with Crippen LogP contribution in [0.2, 0.25) is 0 Å². The van der Waals surface area contributed by atoms with Crippen LogP contribution in [-0.4, -0.2) is 27.9 Å². The number of hydrogen-bond donors (Lipinski definition) is 2. The highest BCUT2D eigenvalue weighted by Gasteiger charge is 2.19. The van der Waals surface area contributed by atoms with Gasteiger partial charge in [-0.3, -0.25) is 14.3 Å². The SMILES string of the molecule is O=c1[nH]c(=O)n(C2C=C(CO)CO2)cc1Br. The summed E-state index contributed by atoms with van der Waals surface area (Å²) in [5.41, 5.74) is -0.321. The van der Waals surface area contributed by atoms with E-state index in [0.717, 1.165) is 0 Å². The van der Waals surface area contributed by atoms with E-state index in [2.05, 4.69) is 20.9 Å². The van der Waals surface area contributed by atoms with Crippen molar-refractivity contribution < 1.29 is 9.84 Å². The normalized spacial score (nSPS) is 19.9. The number of aromatic amines is 1. The first kappa shape index (κ1) is 11.3. The summed E-state index contributed by atoms with van der Waals surface area (Å²) < 4.78 is 6.78. The maximum absolute atomic E-state index is 11.5. The molecule has 0 amide bonds. The Labute approximate surface area is 98.3 Å². The van der Waals surface area contributed by atoms with Crippen molar-refractivity contribution in [1.82, 2.24) is 9.55 Å². The summed E-state index contributed by atoms with van der Waals surface area (Å²) in [5, 5.41) is 8.90. The molecule has 0 fully saturated rings. The maximum Gasteiger partial charge on any atom is 0.330 e. The second-order valence-electron chi connectivity index (χ2n) is 3.33. The van der Waals surface area contributed by atoms with Gasteiger partial charge in [-0.2, -0.15) is 0 Å². The molecule has 2 N–H and O–H groups in total. The van der Waals surface area contributed by atoms with Gasteiger partial charge in [0.1, 0.15) is 0 Å². The van der Waals surface area contributed by atoms with Gasteiger partial charge in [0, 0.05) is 6.20 Å². The third-order valence-corrected chi connectivity index (χ3v) is 2.78. The Hall–Kier alpha value is -1.18. The molecule has 0 aliphatic carbocycles. The Kier molecular flexibility index (Phi) is 3.08. The molecule has 1 aromatic heterocycles. The fourth-order valence-corrected chi connectivity index (χ4v) is 1.72. The zero-order chi connectivity index (χ0) is 11.7. The van der Waals surface area contributed by atoms with Crippen molar-refractivity contribution in [1.29, 1.82) is 0 Å². The van der Waals surface area contributed by atoms with Crippen LogP contribution in [-0.2, 0) is 4.74 Å². The predicted molar refractivity (Wildman–Crippen MR) is 59.2 cm³/mol. The summed E-state index contributed by atoms with van der Waals surface area (Å²) in [7, 11) is 0. The molecule has 1 aliphatic rings. The minimum atomic E-state index is -0.581. The minimum Gasteiger partial charge on any atom is -0.392 e. The molecular weight excluding hydrogens is 280 g/mol. The molecule has 1 unspecified atom stereocenters. The average molecular weight is 289 g/mol. The largest absolute Gasteiger partial charge is 0.392 e. The van der Waals surface area contributed by atoms with Crippen LogP contribution in [0.15, 0.2) is 31.9 Å². The Morgan fingerprint density at radius 1 is 1.62 bits per heavy atom. The lowest BCUT2D eigenvalue weighted by Crippen LogP contribution is -2.32. The predicted octanol–water partition coefficient (Wildman–Crippen LogP) is -0.253. The van der Waals surface area contributed by atoms with Crippen LogP contribution < -0.4 is 11.2 Å². The average Bonchev–Trinajstić information content (AvgIpc) is 2.71. The first-order chi connectivity index (χ1) is 7.61. The summed E-state index contributed by atoms with van der Waals surface area (Å²) in [5.74, 6) is 0. The standard InChI is InChI=1S/C9H9BrN2O4/c10-6-2-12(9(15)11-8(6)14)7-1-5(3-13)4-16-7/h1-2,7,13H,3-4H2,(H,11,14,15). The van der Waals surface area contributed by atoms with E-state index in [0.29, 0.717) is 5.57 Å². The highest BCUT2D eigenvalue weighted by molar-refractivity contribution is 9.10. The molecule has 0 bridgehead atoms. The molecule has 1 atom stereocenters. The third-order valence-electron chi connectivity index (χ3n) is 2.22. The molecule has 0 saturated heterocycles. The number of nitrogens with one attached hydrogen (secondary N) is 1. The van der Waals surface area contributed by atoms with Crippen molar-refractivity contribution in [2.24, 2.45) is 0 Å². The molecule has 6 nitrogen and oxygen atoms in total. The molecule has 2 heterocycles. The van der Waals surface area contributed by atoms with Crippen LogP contribution in [0.3, 0.4) is 0 Å². The minimum absolute atomic E-state index is 0.101. The Morgan fingerprint density at radius 3 is 3.00 bits per heavy atom. The number of hydrogen-bond acceptors (Lipinski definition) is 4. The molecule has 7 heteroatoms. The molecule has 2 rings (SSSR count). The molecule has 0 aromatic carbocycles. The van der Waals surface area contributed by atoms with Crippen LogP contribution in [0.25, 0.3) is 0 Å². The van der Waals surface area contributed by atoms with Crippen molar-refractivity contribution in [2.75, 3.05) is 13.2 Å². The van der Waals surface area contributed by atoms with Crippen molar-refractivity contribution in [3.05, 3.63) is 43.2 Å². The van der Waals surface area contributed by atoms with Gasteiger partial charge in [0.05, 0.1) is 17.7 Å². The van der Waals surface area contributed by atoms with Gasteiger partial charge in [-0.25, -0.2) is 4.79 Å². The Balaban J connectivity index is 2.43. The topological polar surface area (TPSA) is 84.3 Å². The lowest BCUT2D eigenvalue weighted by atomic mass is 10.3. The van der Waals surface area contributed by atoms with Gasteiger partial charge < -0.3 is 9.84 Å². The summed E-state index contributed by atoms with van der Waals surface area (Å²) in [6.45, 7) is 0.181. The number of halogens is 1. The maximum atomic E-state index is 11.5. The highest BCUT2D eigenvalue weighted by atomic mass is 79.9. The van der Waals surface area contributed by atoms with Crippen LogP contribution >= 0.6 is 15.9 Å². The van der Waals surface area contributed by atoms with Gasteiger partial charge in [-0.15, -0.1) is 0 Å². The van der Waals surface area contributed by atoms with Crippen molar-refractivity contribution in [3.8, 4) is 0 Å². The fraction of sp³-hybridized carbons (Fsp3) is 0.333. The number of ether oxygens (including phenoxy) is 1. The molecule has 1 aromatic rings. The number of H-pyrrole nitrogens is 1. The number of aliphatic hydroxyl groups is 1. The van der Waals surface area contributed by atoms with Crippen LogP contribution in [0.5, 0.6) is 0 Å². The fourth-order valence-electron chi connectivity index (χ4n) is 1.40. The Morgan fingerprint density at radius 2 is 2.38 bits per heavy atom. The lowest BCUT2D eigenvalue weighted by Gasteiger charge is -2.11. The van der Waals surface area contributed by atoms with E-state index in [1.54, 1.807) is 6.08 Å². The van der Waals surface area contributed by atoms with E-state index in [1.807, 2.05) is 0 Å². The second kappa shape index (κ2) is 4.36. The molecular formula is C9H9BrN2O4. The van der Waals surface area contributed by atoms with Crippen molar-refractivity contribution in [3.63, 3.8) is 0 Å². The van der Waals surface area contributed by atoms with Crippen molar-refractivity contribution >= 4 is 15.9 Å². The highest BCUT2D eigenvalue weighted by Crippen LogP contribution is 2.19. The van der Waals surface area contributed by atoms with Gasteiger partial charge in [0.2, 0.25) is 0 Å². The van der Waals surface area contributed by atoms with Gasteiger partial charge in [-0.1, -0.05) is 0 Å². The summed E-state index contributed by atoms with van der Waals surface area (Å²) in [6, 6.07) is 0. The zero-order valence-electron chi connectivity index (χ0n) is 8.14. The first-order valence-electron chi connectivity index (χ1n) is 4.55. The zero-order valence-corrected chi connectivity index (χ0v) is 9.73. The third kappa shape index (κ3) is 2.01. The van der Waals surface area contributed by atoms with E-state index in [9.17, 15) is 9.59 Å². The van der Waals surface area contributed by atoms with Gasteiger partial charge in [-0.05, 0) is 27.6 Å². The second-order valence-corrected chi connectivity index (χ2v) is 4.18. The molecule has 86 valence electrons. The summed E-state index contributed by atoms with van der Waals surface area (Å²) >= 11 is 3.03. The molecule has 16 heavy (non-hydrogen) atoms. The van der Waals surface area contributed by atoms with Crippen molar-refractivity contribution in [2.45, 2.75) is 6.23 Å². The van der Waals surface area contributed by atoms with Gasteiger partial charge in [0.25, 0.3) is 5.56 Å². The monoisotopic (exact) mass is 288 g/mol. The van der Waals surface area contributed by atoms with E-state index < -0.39 is 17.5 Å². The smallest absolute Gasteiger partial charge is 0.330 e. The van der Waals surface area contributed by atoms with E-state index in [1.165, 1.54) is 10.8 Å². The number of nitrogens with zero attached hydrogens (tertiary/aromatic N) is 1. The van der Waals surface area contributed by atoms with E-state index in [4.69, 9.17) is 9.84 Å². The van der Waals surface area contributed by atoms with Gasteiger partial charge in [0.15, 0.2) is 6.23 Å². The number of rotatable bonds is 2. The van der Waals surface area contributed by atoms with Crippen LogP contribution in [0.1, 0.15) is 6.23 Å². The van der Waals surface area contributed by atoms with E-state index >= 15 is 0 Å². The summed E-state index contributed by atoms with van der Waals surface area (Å²) in [4.78, 5) is 24.8. The Bertz CT molecular complexity index is 545.